The van der Waals surface area contributed by atoms with Crippen LogP contribution in [0.3, 0.4) is 0 Å². The number of benzene rings is 1. The summed E-state index contributed by atoms with van der Waals surface area (Å²) in [5.74, 6) is 1.10. The maximum absolute atomic E-state index is 5.86. The summed E-state index contributed by atoms with van der Waals surface area (Å²) in [6, 6.07) is 4.58. The van der Waals surface area contributed by atoms with Crippen LogP contribution in [0.2, 0.25) is 0 Å². The molecule has 0 saturated heterocycles. The fourth-order valence-electron chi connectivity index (χ4n) is 2.14. The summed E-state index contributed by atoms with van der Waals surface area (Å²) in [4.78, 5) is 0. The van der Waals surface area contributed by atoms with Crippen LogP contribution in [0.4, 0.5) is 0 Å². The Bertz CT molecular complexity index is 339. The molecule has 0 aliphatic heterocycles. The molecule has 0 aliphatic rings. The highest BCUT2D eigenvalue weighted by atomic mass is 14.6. The molecule has 1 unspecified atom stereocenters. The average Bonchev–Trinajstić information content (AvgIpc) is 2.14. The predicted octanol–water partition coefficient (Wildman–Crippen LogP) is 3.31. The van der Waals surface area contributed by atoms with Crippen molar-refractivity contribution in [1.29, 1.82) is 0 Å². The fraction of sp³-hybridized carbons (Fsp3) is 0.571. The lowest BCUT2D eigenvalue weighted by molar-refractivity contribution is 0.504. The van der Waals surface area contributed by atoms with Gasteiger partial charge < -0.3 is 5.73 Å². The van der Waals surface area contributed by atoms with E-state index in [1.54, 1.807) is 0 Å². The first-order valence-corrected chi connectivity index (χ1v) is 5.75. The molecule has 0 aromatic heterocycles. The first kappa shape index (κ1) is 12.3. The van der Waals surface area contributed by atoms with Crippen molar-refractivity contribution in [3.63, 3.8) is 0 Å². The third-order valence-electron chi connectivity index (χ3n) is 3.34. The third kappa shape index (κ3) is 2.60. The Labute approximate surface area is 93.7 Å². The molecule has 0 heterocycles. The molecule has 1 heteroatoms. The van der Waals surface area contributed by atoms with Gasteiger partial charge in [-0.3, -0.25) is 0 Å². The third-order valence-corrected chi connectivity index (χ3v) is 3.34. The van der Waals surface area contributed by atoms with E-state index < -0.39 is 0 Å². The van der Waals surface area contributed by atoms with Gasteiger partial charge in [-0.05, 0) is 61.4 Å². The zero-order chi connectivity index (χ0) is 11.6. The molecule has 2 N–H and O–H groups in total. The number of rotatable bonds is 3. The maximum Gasteiger partial charge on any atom is -0.000567 e. The molecule has 1 aromatic carbocycles. The molecule has 0 radical (unpaired) electrons. The lowest BCUT2D eigenvalue weighted by Crippen LogP contribution is -2.19. The van der Waals surface area contributed by atoms with Gasteiger partial charge in [0.1, 0.15) is 0 Å². The van der Waals surface area contributed by atoms with Crippen molar-refractivity contribution in [1.82, 2.24) is 0 Å². The fourth-order valence-corrected chi connectivity index (χ4v) is 2.14. The number of hydrogen-bond acceptors (Lipinski definition) is 1. The maximum atomic E-state index is 5.86. The van der Waals surface area contributed by atoms with Crippen molar-refractivity contribution in [2.24, 2.45) is 11.7 Å². The van der Waals surface area contributed by atoms with Gasteiger partial charge >= 0.3 is 0 Å². The van der Waals surface area contributed by atoms with Crippen molar-refractivity contribution in [3.8, 4) is 0 Å². The Morgan fingerprint density at radius 3 is 2.00 bits per heavy atom. The Morgan fingerprint density at radius 1 is 1.00 bits per heavy atom. The van der Waals surface area contributed by atoms with E-state index in [0.717, 1.165) is 6.54 Å². The highest BCUT2D eigenvalue weighted by molar-refractivity contribution is 5.38. The van der Waals surface area contributed by atoms with Gasteiger partial charge in [-0.1, -0.05) is 26.0 Å². The van der Waals surface area contributed by atoms with Gasteiger partial charge in [-0.25, -0.2) is 0 Å². The monoisotopic (exact) mass is 205 g/mol. The summed E-state index contributed by atoms with van der Waals surface area (Å²) in [6.07, 6.45) is 0. The molecule has 1 nitrogen and oxygen atoms in total. The second-order valence-electron chi connectivity index (χ2n) is 4.88. The smallest absolute Gasteiger partial charge is 0.000567 e. The topological polar surface area (TPSA) is 26.0 Å². The SMILES string of the molecule is Cc1cc(C)c(C(CN)C(C)C)cc1C. The van der Waals surface area contributed by atoms with E-state index in [-0.39, 0.29) is 0 Å². The van der Waals surface area contributed by atoms with E-state index in [9.17, 15) is 0 Å². The molecule has 1 rings (SSSR count). The minimum absolute atomic E-state index is 0.490. The predicted molar refractivity (Wildman–Crippen MR) is 67.3 cm³/mol. The van der Waals surface area contributed by atoms with Gasteiger partial charge in [0.15, 0.2) is 0 Å². The van der Waals surface area contributed by atoms with Gasteiger partial charge in [-0.15, -0.1) is 0 Å². The normalized spacial score (nSPS) is 13.3. The Balaban J connectivity index is 3.18. The van der Waals surface area contributed by atoms with Gasteiger partial charge in [0.05, 0.1) is 0 Å². The summed E-state index contributed by atoms with van der Waals surface area (Å²) in [5.41, 5.74) is 11.4. The van der Waals surface area contributed by atoms with E-state index in [0.29, 0.717) is 11.8 Å². The van der Waals surface area contributed by atoms with Crippen LogP contribution in [0.1, 0.15) is 42.0 Å². The van der Waals surface area contributed by atoms with E-state index in [4.69, 9.17) is 5.73 Å². The Hall–Kier alpha value is -0.820. The lowest BCUT2D eigenvalue weighted by Gasteiger charge is -2.22. The van der Waals surface area contributed by atoms with Crippen LogP contribution in [-0.4, -0.2) is 6.54 Å². The van der Waals surface area contributed by atoms with Crippen LogP contribution in [0, 0.1) is 26.7 Å². The zero-order valence-electron chi connectivity index (χ0n) is 10.6. The largest absolute Gasteiger partial charge is 0.330 e. The molecule has 0 saturated carbocycles. The summed E-state index contributed by atoms with van der Waals surface area (Å²) in [7, 11) is 0. The van der Waals surface area contributed by atoms with E-state index >= 15 is 0 Å². The number of hydrogen-bond donors (Lipinski definition) is 1. The minimum atomic E-state index is 0.490. The van der Waals surface area contributed by atoms with E-state index in [1.807, 2.05) is 0 Å². The molecule has 0 spiro atoms. The summed E-state index contributed by atoms with van der Waals surface area (Å²) < 4.78 is 0. The van der Waals surface area contributed by atoms with Gasteiger partial charge in [0, 0.05) is 0 Å². The van der Waals surface area contributed by atoms with Crippen molar-refractivity contribution in [3.05, 3.63) is 34.4 Å². The van der Waals surface area contributed by atoms with Gasteiger partial charge in [-0.2, -0.15) is 0 Å². The number of nitrogens with two attached hydrogens (primary N) is 1. The van der Waals surface area contributed by atoms with Crippen LogP contribution in [0.15, 0.2) is 12.1 Å². The van der Waals surface area contributed by atoms with Gasteiger partial charge in [0.25, 0.3) is 0 Å². The standard InChI is InChI=1S/C14H23N/c1-9(2)14(8-15)13-7-11(4)10(3)6-12(13)5/h6-7,9,14H,8,15H2,1-5H3. The quantitative estimate of drug-likeness (QED) is 0.805. The zero-order valence-corrected chi connectivity index (χ0v) is 10.6. The summed E-state index contributed by atoms with van der Waals surface area (Å²) in [6.45, 7) is 11.7. The van der Waals surface area contributed by atoms with Crippen LogP contribution >= 0.6 is 0 Å². The van der Waals surface area contributed by atoms with E-state index in [1.165, 1.54) is 22.3 Å². The Morgan fingerprint density at radius 2 is 1.53 bits per heavy atom. The highest BCUT2D eigenvalue weighted by Gasteiger charge is 2.16. The first-order valence-electron chi connectivity index (χ1n) is 5.75. The molecule has 0 fully saturated rings. The molecule has 1 atom stereocenters. The van der Waals surface area contributed by atoms with Gasteiger partial charge in [0.2, 0.25) is 0 Å². The first-order chi connectivity index (χ1) is 6.97. The molecule has 15 heavy (non-hydrogen) atoms. The second kappa shape index (κ2) is 4.80. The van der Waals surface area contributed by atoms with Crippen molar-refractivity contribution >= 4 is 0 Å². The number of aryl methyl sites for hydroxylation is 3. The molecular weight excluding hydrogens is 182 g/mol. The molecule has 0 amide bonds. The lowest BCUT2D eigenvalue weighted by atomic mass is 9.84. The Kier molecular flexibility index (Phi) is 3.92. The highest BCUT2D eigenvalue weighted by Crippen LogP contribution is 2.28. The van der Waals surface area contributed by atoms with Crippen molar-refractivity contribution < 1.29 is 0 Å². The molecule has 0 bridgehead atoms. The molecule has 1 aromatic rings. The summed E-state index contributed by atoms with van der Waals surface area (Å²) >= 11 is 0. The van der Waals surface area contributed by atoms with Crippen molar-refractivity contribution in [2.75, 3.05) is 6.54 Å². The minimum Gasteiger partial charge on any atom is -0.330 e. The van der Waals surface area contributed by atoms with Crippen molar-refractivity contribution in [2.45, 2.75) is 40.5 Å². The van der Waals surface area contributed by atoms with E-state index in [2.05, 4.69) is 46.8 Å². The molecular formula is C14H23N. The average molecular weight is 205 g/mol. The molecule has 0 aliphatic carbocycles. The summed E-state index contributed by atoms with van der Waals surface area (Å²) in [5, 5.41) is 0. The second-order valence-corrected chi connectivity index (χ2v) is 4.88. The van der Waals surface area contributed by atoms with Crippen LogP contribution in [-0.2, 0) is 0 Å². The van der Waals surface area contributed by atoms with Crippen LogP contribution < -0.4 is 5.73 Å². The van der Waals surface area contributed by atoms with Crippen LogP contribution in [0.25, 0.3) is 0 Å². The molecule has 84 valence electrons. The van der Waals surface area contributed by atoms with Crippen LogP contribution in [0.5, 0.6) is 0 Å².